The number of benzene rings is 2. The first-order chi connectivity index (χ1) is 17.0. The SMILES string of the molecule is CC(C)C1=C(C(=O)c2ccc(C(F)(F)F)cc2)C(c2ccc(F)cc2)C2C(=O)CC3(CCC3)CC2=N1. The Labute approximate surface area is 207 Å². The fraction of sp³-hybridized carbons (Fsp3) is 0.414. The quantitative estimate of drug-likeness (QED) is 0.328. The molecule has 2 fully saturated rings. The number of rotatable bonds is 4. The van der Waals surface area contributed by atoms with Crippen molar-refractivity contribution in [2.45, 2.75) is 58.0 Å². The van der Waals surface area contributed by atoms with Crippen molar-refractivity contribution in [2.75, 3.05) is 0 Å². The predicted octanol–water partition coefficient (Wildman–Crippen LogP) is 7.33. The van der Waals surface area contributed by atoms with Crippen LogP contribution in [-0.2, 0) is 11.0 Å². The van der Waals surface area contributed by atoms with E-state index in [0.29, 0.717) is 29.7 Å². The van der Waals surface area contributed by atoms with Crippen molar-refractivity contribution in [3.63, 3.8) is 0 Å². The van der Waals surface area contributed by atoms with Crippen molar-refractivity contribution in [1.82, 2.24) is 0 Å². The first kappa shape index (κ1) is 24.6. The summed E-state index contributed by atoms with van der Waals surface area (Å²) in [5.41, 5.74) is 1.45. The van der Waals surface area contributed by atoms with Crippen LogP contribution < -0.4 is 0 Å². The second-order valence-electron chi connectivity index (χ2n) is 10.6. The number of halogens is 4. The molecule has 2 atom stereocenters. The van der Waals surface area contributed by atoms with Crippen LogP contribution in [0.4, 0.5) is 17.6 Å². The maximum Gasteiger partial charge on any atom is 0.416 e. The van der Waals surface area contributed by atoms with Crippen LogP contribution in [0.1, 0.15) is 73.4 Å². The Kier molecular flexibility index (Phi) is 6.00. The summed E-state index contributed by atoms with van der Waals surface area (Å²) in [6.45, 7) is 3.82. The van der Waals surface area contributed by atoms with Crippen LogP contribution in [0.25, 0.3) is 0 Å². The van der Waals surface area contributed by atoms with Crippen molar-refractivity contribution < 1.29 is 27.2 Å². The largest absolute Gasteiger partial charge is 0.416 e. The third kappa shape index (κ3) is 4.22. The van der Waals surface area contributed by atoms with Gasteiger partial charge in [-0.1, -0.05) is 44.5 Å². The van der Waals surface area contributed by atoms with E-state index in [1.165, 1.54) is 24.3 Å². The summed E-state index contributed by atoms with van der Waals surface area (Å²) in [5.74, 6) is -2.34. The number of hydrogen-bond donors (Lipinski definition) is 0. The Morgan fingerprint density at radius 1 is 0.972 bits per heavy atom. The second kappa shape index (κ2) is 8.79. The number of alkyl halides is 3. The highest BCUT2D eigenvalue weighted by Gasteiger charge is 2.52. The van der Waals surface area contributed by atoms with E-state index in [0.717, 1.165) is 37.1 Å². The van der Waals surface area contributed by atoms with Gasteiger partial charge in [-0.3, -0.25) is 14.6 Å². The third-order valence-corrected chi connectivity index (χ3v) is 7.90. The van der Waals surface area contributed by atoms with Gasteiger partial charge in [0.1, 0.15) is 11.6 Å². The van der Waals surface area contributed by atoms with Crippen molar-refractivity contribution in [1.29, 1.82) is 0 Å². The lowest BCUT2D eigenvalue weighted by molar-refractivity contribution is -0.137. The number of hydrogen-bond acceptors (Lipinski definition) is 3. The molecule has 0 aromatic heterocycles. The fourth-order valence-corrected chi connectivity index (χ4v) is 5.97. The molecule has 0 bridgehead atoms. The molecule has 5 rings (SSSR count). The molecule has 3 nitrogen and oxygen atoms in total. The van der Waals surface area contributed by atoms with E-state index in [2.05, 4.69) is 0 Å². The van der Waals surface area contributed by atoms with E-state index in [4.69, 9.17) is 4.99 Å². The van der Waals surface area contributed by atoms with Gasteiger partial charge in [-0.2, -0.15) is 13.2 Å². The molecule has 0 radical (unpaired) electrons. The van der Waals surface area contributed by atoms with Crippen LogP contribution >= 0.6 is 0 Å². The monoisotopic (exact) mass is 497 g/mol. The van der Waals surface area contributed by atoms with Gasteiger partial charge in [-0.25, -0.2) is 4.39 Å². The normalized spacial score (nSPS) is 23.4. The second-order valence-corrected chi connectivity index (χ2v) is 10.6. The van der Waals surface area contributed by atoms with Crippen LogP contribution in [0.5, 0.6) is 0 Å². The molecule has 1 aliphatic heterocycles. The van der Waals surface area contributed by atoms with Gasteiger partial charge in [-0.05, 0) is 60.4 Å². The third-order valence-electron chi connectivity index (χ3n) is 7.90. The zero-order chi connectivity index (χ0) is 25.8. The van der Waals surface area contributed by atoms with E-state index >= 15 is 0 Å². The van der Waals surface area contributed by atoms with Gasteiger partial charge in [0.2, 0.25) is 0 Å². The lowest BCUT2D eigenvalue weighted by atomic mass is 9.55. The van der Waals surface area contributed by atoms with E-state index in [-0.39, 0.29) is 22.7 Å². The molecule has 0 saturated heterocycles. The highest BCUT2D eigenvalue weighted by Crippen LogP contribution is 2.55. The highest BCUT2D eigenvalue weighted by molar-refractivity contribution is 6.16. The minimum atomic E-state index is -4.52. The van der Waals surface area contributed by atoms with E-state index in [1.807, 2.05) is 13.8 Å². The topological polar surface area (TPSA) is 46.5 Å². The summed E-state index contributed by atoms with van der Waals surface area (Å²) in [4.78, 5) is 32.4. The van der Waals surface area contributed by atoms with Crippen LogP contribution in [0.2, 0.25) is 0 Å². The minimum absolute atomic E-state index is 0.0227. The zero-order valence-corrected chi connectivity index (χ0v) is 20.2. The van der Waals surface area contributed by atoms with E-state index in [9.17, 15) is 27.2 Å². The van der Waals surface area contributed by atoms with Gasteiger partial charge in [0.15, 0.2) is 5.78 Å². The number of Topliss-reactive ketones (excluding diaryl/α,β-unsaturated/α-hetero) is 2. The average Bonchev–Trinajstić information content (AvgIpc) is 2.81. The van der Waals surface area contributed by atoms with Gasteiger partial charge >= 0.3 is 6.18 Å². The first-order valence-corrected chi connectivity index (χ1v) is 12.3. The Morgan fingerprint density at radius 2 is 1.61 bits per heavy atom. The molecule has 2 aromatic carbocycles. The highest BCUT2D eigenvalue weighted by atomic mass is 19.4. The molecule has 2 saturated carbocycles. The van der Waals surface area contributed by atoms with Crippen LogP contribution in [0, 0.1) is 23.1 Å². The smallest absolute Gasteiger partial charge is 0.299 e. The van der Waals surface area contributed by atoms with E-state index in [1.54, 1.807) is 12.1 Å². The average molecular weight is 498 g/mol. The molecule has 2 unspecified atom stereocenters. The number of aliphatic imine (C=N–C) groups is 1. The Morgan fingerprint density at radius 3 is 2.14 bits per heavy atom. The van der Waals surface area contributed by atoms with Gasteiger partial charge in [-0.15, -0.1) is 0 Å². The fourth-order valence-electron chi connectivity index (χ4n) is 5.97. The summed E-state index contributed by atoms with van der Waals surface area (Å²) in [7, 11) is 0. The molecule has 0 amide bonds. The molecule has 1 spiro atoms. The summed E-state index contributed by atoms with van der Waals surface area (Å²) >= 11 is 0. The Hall–Kier alpha value is -3.09. The van der Waals surface area contributed by atoms with Crippen LogP contribution in [0.15, 0.2) is 64.8 Å². The summed E-state index contributed by atoms with van der Waals surface area (Å²) in [6, 6.07) is 9.89. The van der Waals surface area contributed by atoms with E-state index < -0.39 is 35.2 Å². The maximum atomic E-state index is 13.9. The summed E-state index contributed by atoms with van der Waals surface area (Å²) < 4.78 is 53.1. The number of fused-ring (bicyclic) bond motifs is 1. The van der Waals surface area contributed by atoms with Crippen LogP contribution in [-0.4, -0.2) is 17.3 Å². The Bertz CT molecular complexity index is 1270. The molecule has 36 heavy (non-hydrogen) atoms. The number of carbonyl (C=O) groups is 2. The standard InChI is InChI=1S/C29H27F4NO2/c1-16(2)26-25(27(36)18-4-8-19(9-5-18)29(31,32)33)23(17-6-10-20(30)11-7-17)24-21(34-26)14-28(12-3-13-28)15-22(24)35/h4-11,16,23-24H,3,12-15H2,1-2H3. The molecule has 3 aliphatic rings. The number of ketones is 2. The molecule has 0 N–H and O–H groups in total. The van der Waals surface area contributed by atoms with Gasteiger partial charge in [0.25, 0.3) is 0 Å². The molecule has 7 heteroatoms. The Balaban J connectivity index is 1.67. The summed E-state index contributed by atoms with van der Waals surface area (Å²) in [6.07, 6.45) is -0.368. The van der Waals surface area contributed by atoms with Gasteiger partial charge in [0, 0.05) is 29.2 Å². The first-order valence-electron chi connectivity index (χ1n) is 12.3. The zero-order valence-electron chi connectivity index (χ0n) is 20.2. The molecule has 188 valence electrons. The molecule has 2 aliphatic carbocycles. The van der Waals surface area contributed by atoms with Crippen molar-refractivity contribution in [3.8, 4) is 0 Å². The predicted molar refractivity (Wildman–Crippen MR) is 128 cm³/mol. The number of nitrogens with zero attached hydrogens (tertiary/aromatic N) is 1. The van der Waals surface area contributed by atoms with Gasteiger partial charge in [0.05, 0.1) is 17.2 Å². The molecular weight excluding hydrogens is 470 g/mol. The molecule has 2 aromatic rings. The molecule has 1 heterocycles. The molecular formula is C29H27F4NO2. The van der Waals surface area contributed by atoms with Crippen molar-refractivity contribution >= 4 is 17.3 Å². The number of carbonyl (C=O) groups excluding carboxylic acids is 2. The minimum Gasteiger partial charge on any atom is -0.299 e. The lowest BCUT2D eigenvalue weighted by Crippen LogP contribution is -2.48. The van der Waals surface area contributed by atoms with Crippen molar-refractivity contribution in [3.05, 3.63) is 82.3 Å². The summed E-state index contributed by atoms with van der Waals surface area (Å²) in [5, 5.41) is 0. The number of allylic oxidation sites excluding steroid dienone is 2. The maximum absolute atomic E-state index is 13.9. The van der Waals surface area contributed by atoms with Gasteiger partial charge < -0.3 is 0 Å². The lowest BCUT2D eigenvalue weighted by Gasteiger charge is -2.49. The van der Waals surface area contributed by atoms with Crippen LogP contribution in [0.3, 0.4) is 0 Å². The van der Waals surface area contributed by atoms with Crippen molar-refractivity contribution in [2.24, 2.45) is 22.2 Å².